The number of carbonyl (C=O) groups excluding carboxylic acids is 2. The molecule has 20 heteroatoms. The van der Waals surface area contributed by atoms with Crippen molar-refractivity contribution in [3.05, 3.63) is 53.1 Å². The standard InChI is InChI=1S/C28H25F11N6O3/c1-12(26(31,32)33)22(46)40-10-13-2-7-17(28(37,38)39)18(8-13)42-25-43-19-9-16(24(44-21(19)45-25)48-11-20(29)30)23(47)41-15-5-3-14(4-6-15)27(34,35)36/h2,7-9,14-15,20H,1,3-6,10-11H2,(H,40,46)(H,41,47)(H2,42,43,44,45). The highest BCUT2D eigenvalue weighted by Crippen LogP contribution is 2.39. The number of hydrogen-bond donors (Lipinski definition) is 4. The third kappa shape index (κ3) is 9.03. The Morgan fingerprint density at radius 2 is 1.65 bits per heavy atom. The first-order valence-corrected chi connectivity index (χ1v) is 13.9. The minimum Gasteiger partial charge on any atom is -0.471 e. The maximum absolute atomic E-state index is 13.8. The zero-order valence-corrected chi connectivity index (χ0v) is 24.3. The number of amides is 2. The number of halogens is 11. The Morgan fingerprint density at radius 3 is 2.23 bits per heavy atom. The lowest BCUT2D eigenvalue weighted by atomic mass is 9.85. The number of pyridine rings is 1. The number of aromatic amines is 1. The third-order valence-electron chi connectivity index (χ3n) is 7.27. The number of benzene rings is 1. The van der Waals surface area contributed by atoms with Crippen LogP contribution in [0.2, 0.25) is 0 Å². The van der Waals surface area contributed by atoms with E-state index in [1.165, 1.54) is 0 Å². The van der Waals surface area contributed by atoms with Crippen LogP contribution in [-0.2, 0) is 17.5 Å². The van der Waals surface area contributed by atoms with Crippen molar-refractivity contribution in [2.75, 3.05) is 11.9 Å². The minimum atomic E-state index is -5.03. The molecule has 0 saturated heterocycles. The van der Waals surface area contributed by atoms with E-state index in [9.17, 15) is 57.9 Å². The molecule has 0 spiro atoms. The second-order valence-corrected chi connectivity index (χ2v) is 10.7. The molecule has 1 aliphatic rings. The van der Waals surface area contributed by atoms with Crippen molar-refractivity contribution in [3.8, 4) is 5.88 Å². The number of ether oxygens (including phenoxy) is 1. The van der Waals surface area contributed by atoms with E-state index < -0.39 is 96.1 Å². The second kappa shape index (κ2) is 13.8. The van der Waals surface area contributed by atoms with E-state index in [4.69, 9.17) is 4.74 Å². The fraction of sp³-hybridized carbons (Fsp3) is 0.429. The van der Waals surface area contributed by atoms with Crippen LogP contribution < -0.4 is 20.7 Å². The maximum atomic E-state index is 13.8. The molecule has 0 radical (unpaired) electrons. The molecule has 9 nitrogen and oxygen atoms in total. The summed E-state index contributed by atoms with van der Waals surface area (Å²) in [6.45, 7) is 0.807. The molecule has 2 amide bonds. The number of nitrogens with one attached hydrogen (secondary N) is 4. The van der Waals surface area contributed by atoms with Crippen molar-refractivity contribution in [3.63, 3.8) is 0 Å². The van der Waals surface area contributed by atoms with Gasteiger partial charge in [-0.3, -0.25) is 9.59 Å². The lowest BCUT2D eigenvalue weighted by Gasteiger charge is -2.30. The quantitative estimate of drug-likeness (QED) is 0.134. The monoisotopic (exact) mass is 702 g/mol. The second-order valence-electron chi connectivity index (χ2n) is 10.7. The molecular formula is C28H25F11N6O3. The SMILES string of the molecule is C=C(C(=O)NCc1ccc(C(F)(F)F)c(Nc2nc3nc(OCC(F)F)c(C(=O)NC4CCC(C(F)(F)F)CC4)cc3[nH]2)c1)C(F)(F)F. The van der Waals surface area contributed by atoms with E-state index in [1.54, 1.807) is 0 Å². The van der Waals surface area contributed by atoms with Gasteiger partial charge in [-0.15, -0.1) is 0 Å². The summed E-state index contributed by atoms with van der Waals surface area (Å²) < 4.78 is 149. The van der Waals surface area contributed by atoms with E-state index in [0.29, 0.717) is 6.07 Å². The lowest BCUT2D eigenvalue weighted by molar-refractivity contribution is -0.182. The van der Waals surface area contributed by atoms with Gasteiger partial charge in [-0.05, 0) is 49.4 Å². The Bertz CT molecular complexity index is 1660. The molecule has 3 aromatic rings. The number of fused-ring (bicyclic) bond motifs is 1. The normalized spacial score (nSPS) is 17.3. The van der Waals surface area contributed by atoms with Gasteiger partial charge >= 0.3 is 18.5 Å². The van der Waals surface area contributed by atoms with E-state index in [-0.39, 0.29) is 42.4 Å². The van der Waals surface area contributed by atoms with Gasteiger partial charge in [0.1, 0.15) is 11.1 Å². The van der Waals surface area contributed by atoms with Crippen LogP contribution in [0.3, 0.4) is 0 Å². The number of H-pyrrole nitrogens is 1. The molecule has 48 heavy (non-hydrogen) atoms. The smallest absolute Gasteiger partial charge is 0.421 e. The zero-order valence-electron chi connectivity index (χ0n) is 24.3. The highest BCUT2D eigenvalue weighted by atomic mass is 19.4. The maximum Gasteiger partial charge on any atom is 0.421 e. The third-order valence-corrected chi connectivity index (χ3v) is 7.27. The van der Waals surface area contributed by atoms with Crippen molar-refractivity contribution in [1.29, 1.82) is 0 Å². The van der Waals surface area contributed by atoms with Crippen LogP contribution in [0.4, 0.5) is 59.9 Å². The summed E-state index contributed by atoms with van der Waals surface area (Å²) in [6.07, 6.45) is -17.9. The number of anilines is 2. The largest absolute Gasteiger partial charge is 0.471 e. The van der Waals surface area contributed by atoms with Crippen LogP contribution in [0, 0.1) is 5.92 Å². The summed E-state index contributed by atoms with van der Waals surface area (Å²) in [5.74, 6) is -5.08. The minimum absolute atomic E-state index is 0.0156. The van der Waals surface area contributed by atoms with E-state index in [2.05, 4.69) is 32.2 Å². The molecule has 262 valence electrons. The van der Waals surface area contributed by atoms with Crippen LogP contribution >= 0.6 is 0 Å². The number of imidazole rings is 1. The summed E-state index contributed by atoms with van der Waals surface area (Å²) in [6, 6.07) is 2.77. The first-order chi connectivity index (χ1) is 22.2. The molecule has 4 N–H and O–H groups in total. The number of aromatic nitrogens is 3. The highest BCUT2D eigenvalue weighted by molar-refractivity contribution is 5.99. The number of hydrogen-bond acceptors (Lipinski definition) is 6. The number of carbonyl (C=O) groups is 2. The van der Waals surface area contributed by atoms with Crippen molar-refractivity contribution in [2.45, 2.75) is 63.2 Å². The first-order valence-electron chi connectivity index (χ1n) is 13.9. The molecule has 1 saturated carbocycles. The molecule has 0 bridgehead atoms. The average molecular weight is 703 g/mol. The molecule has 1 aliphatic carbocycles. The summed E-state index contributed by atoms with van der Waals surface area (Å²) in [7, 11) is 0. The molecule has 0 atom stereocenters. The Labute approximate surface area is 263 Å². The first kappa shape index (κ1) is 36.2. The van der Waals surface area contributed by atoms with Gasteiger partial charge in [-0.1, -0.05) is 12.6 Å². The highest BCUT2D eigenvalue weighted by Gasteiger charge is 2.42. The fourth-order valence-electron chi connectivity index (χ4n) is 4.83. The van der Waals surface area contributed by atoms with Gasteiger partial charge in [0.05, 0.1) is 22.7 Å². The van der Waals surface area contributed by atoms with Crippen LogP contribution in [0.5, 0.6) is 5.88 Å². The van der Waals surface area contributed by atoms with Gasteiger partial charge in [0.2, 0.25) is 11.8 Å². The van der Waals surface area contributed by atoms with Crippen LogP contribution in [0.1, 0.15) is 47.2 Å². The molecule has 0 aliphatic heterocycles. The van der Waals surface area contributed by atoms with E-state index in [0.717, 1.165) is 18.2 Å². The van der Waals surface area contributed by atoms with Gasteiger partial charge < -0.3 is 25.7 Å². The Hall–Kier alpha value is -4.65. The molecule has 2 heterocycles. The van der Waals surface area contributed by atoms with Crippen molar-refractivity contribution in [2.24, 2.45) is 5.92 Å². The van der Waals surface area contributed by atoms with Gasteiger partial charge in [-0.25, -0.2) is 8.78 Å². The molecule has 1 fully saturated rings. The molecule has 0 unspecified atom stereocenters. The molecule has 2 aromatic heterocycles. The summed E-state index contributed by atoms with van der Waals surface area (Å²) >= 11 is 0. The number of nitrogens with zero attached hydrogens (tertiary/aromatic N) is 2. The van der Waals surface area contributed by atoms with Gasteiger partial charge in [0, 0.05) is 12.6 Å². The average Bonchev–Trinajstić information content (AvgIpc) is 3.37. The fourth-order valence-corrected chi connectivity index (χ4v) is 4.83. The van der Waals surface area contributed by atoms with E-state index in [1.807, 2.05) is 5.32 Å². The lowest BCUT2D eigenvalue weighted by Crippen LogP contribution is -2.40. The van der Waals surface area contributed by atoms with Gasteiger partial charge in [0.25, 0.3) is 18.2 Å². The van der Waals surface area contributed by atoms with Crippen molar-refractivity contribution < 1.29 is 62.6 Å². The Kier molecular flexibility index (Phi) is 10.4. The summed E-state index contributed by atoms with van der Waals surface area (Å²) in [4.78, 5) is 35.3. The molecule has 1 aromatic carbocycles. The summed E-state index contributed by atoms with van der Waals surface area (Å²) in [5.41, 5.74) is -4.49. The van der Waals surface area contributed by atoms with Crippen LogP contribution in [0.15, 0.2) is 36.4 Å². The predicted octanol–water partition coefficient (Wildman–Crippen LogP) is 6.95. The van der Waals surface area contributed by atoms with Gasteiger partial charge in [0.15, 0.2) is 12.3 Å². The van der Waals surface area contributed by atoms with Crippen LogP contribution in [-0.4, -0.2) is 58.2 Å². The topological polar surface area (TPSA) is 121 Å². The van der Waals surface area contributed by atoms with E-state index >= 15 is 0 Å². The van der Waals surface area contributed by atoms with Gasteiger partial charge in [-0.2, -0.15) is 49.5 Å². The molecule has 4 rings (SSSR count). The Morgan fingerprint density at radius 1 is 0.979 bits per heavy atom. The number of rotatable bonds is 10. The Balaban J connectivity index is 1.59. The predicted molar refractivity (Wildman–Crippen MR) is 146 cm³/mol. The zero-order chi connectivity index (χ0) is 35.6. The number of alkyl halides is 11. The van der Waals surface area contributed by atoms with Crippen LogP contribution in [0.25, 0.3) is 11.2 Å². The summed E-state index contributed by atoms with van der Waals surface area (Å²) in [5, 5.41) is 6.78. The van der Waals surface area contributed by atoms with Crippen molar-refractivity contribution in [1.82, 2.24) is 25.6 Å². The molecular weight excluding hydrogens is 677 g/mol. The van der Waals surface area contributed by atoms with Crippen molar-refractivity contribution >= 4 is 34.6 Å².